The minimum atomic E-state index is 0.292. The van der Waals surface area contributed by atoms with Crippen LogP contribution in [-0.4, -0.2) is 10.4 Å². The molecule has 0 N–H and O–H groups in total. The summed E-state index contributed by atoms with van der Waals surface area (Å²) in [5.74, 6) is 0.292. The molecule has 0 aliphatic carbocycles. The van der Waals surface area contributed by atoms with Crippen molar-refractivity contribution in [1.29, 1.82) is 0 Å². The zero-order valence-electron chi connectivity index (χ0n) is 13.4. The van der Waals surface area contributed by atoms with Crippen molar-refractivity contribution >= 4 is 16.7 Å². The van der Waals surface area contributed by atoms with Crippen LogP contribution in [0.15, 0.2) is 30.5 Å². The van der Waals surface area contributed by atoms with Crippen LogP contribution in [0.1, 0.15) is 68.6 Å². The average molecular weight is 285 g/mol. The highest BCUT2D eigenvalue weighted by molar-refractivity contribution is 6.08. The number of hydrogen-bond acceptors (Lipinski definition) is 1. The van der Waals surface area contributed by atoms with Gasteiger partial charge in [0.15, 0.2) is 5.78 Å². The number of aryl methyl sites for hydroxylation is 1. The standard InChI is InChI=1S/C19H27NO/c1-3-4-5-6-7-8-9-14-19(21)17-15-20(2)18-13-11-10-12-16(17)18/h10-13,15H,3-9,14H2,1-2H3. The van der Waals surface area contributed by atoms with E-state index in [1.165, 1.54) is 38.5 Å². The molecule has 21 heavy (non-hydrogen) atoms. The van der Waals surface area contributed by atoms with Gasteiger partial charge in [-0.05, 0) is 12.5 Å². The summed E-state index contributed by atoms with van der Waals surface area (Å²) in [6.07, 6.45) is 11.4. The predicted octanol–water partition coefficient (Wildman–Crippen LogP) is 5.50. The molecule has 0 aliphatic heterocycles. The highest BCUT2D eigenvalue weighted by atomic mass is 16.1. The molecule has 0 saturated heterocycles. The molecule has 114 valence electrons. The largest absolute Gasteiger partial charge is 0.350 e. The zero-order valence-corrected chi connectivity index (χ0v) is 13.4. The van der Waals surface area contributed by atoms with Gasteiger partial charge in [-0.1, -0.05) is 63.6 Å². The molecule has 0 bridgehead atoms. The van der Waals surface area contributed by atoms with Crippen molar-refractivity contribution in [3.8, 4) is 0 Å². The van der Waals surface area contributed by atoms with Crippen molar-refractivity contribution in [3.05, 3.63) is 36.0 Å². The first-order valence-electron chi connectivity index (χ1n) is 8.31. The summed E-state index contributed by atoms with van der Waals surface area (Å²) in [5, 5.41) is 1.09. The van der Waals surface area contributed by atoms with E-state index in [1.54, 1.807) is 0 Å². The third-order valence-corrected chi connectivity index (χ3v) is 4.20. The van der Waals surface area contributed by atoms with Crippen molar-refractivity contribution in [2.45, 2.75) is 58.3 Å². The number of Topliss-reactive ketones (excluding diaryl/α,β-unsaturated/α-hetero) is 1. The Balaban J connectivity index is 1.83. The van der Waals surface area contributed by atoms with Gasteiger partial charge in [-0.2, -0.15) is 0 Å². The lowest BCUT2D eigenvalue weighted by molar-refractivity contribution is 0.0980. The first kappa shape index (κ1) is 15.8. The highest BCUT2D eigenvalue weighted by Crippen LogP contribution is 2.22. The molecule has 1 aromatic carbocycles. The molecule has 0 fully saturated rings. The van der Waals surface area contributed by atoms with Gasteiger partial charge in [-0.15, -0.1) is 0 Å². The van der Waals surface area contributed by atoms with Crippen LogP contribution in [0.4, 0.5) is 0 Å². The fourth-order valence-corrected chi connectivity index (χ4v) is 2.94. The van der Waals surface area contributed by atoms with Gasteiger partial charge >= 0.3 is 0 Å². The highest BCUT2D eigenvalue weighted by Gasteiger charge is 2.12. The number of carbonyl (C=O) groups excluding carboxylic acids is 1. The van der Waals surface area contributed by atoms with E-state index < -0.39 is 0 Å². The zero-order chi connectivity index (χ0) is 15.1. The summed E-state index contributed by atoms with van der Waals surface area (Å²) < 4.78 is 2.05. The predicted molar refractivity (Wildman–Crippen MR) is 89.9 cm³/mol. The summed E-state index contributed by atoms with van der Waals surface area (Å²) >= 11 is 0. The molecule has 0 unspecified atom stereocenters. The monoisotopic (exact) mass is 285 g/mol. The maximum absolute atomic E-state index is 12.4. The van der Waals surface area contributed by atoms with E-state index in [0.29, 0.717) is 12.2 Å². The number of aromatic nitrogens is 1. The molecule has 1 aromatic heterocycles. The van der Waals surface area contributed by atoms with E-state index in [1.807, 2.05) is 36.0 Å². The third-order valence-electron chi connectivity index (χ3n) is 4.20. The fourth-order valence-electron chi connectivity index (χ4n) is 2.94. The molecule has 0 atom stereocenters. The maximum Gasteiger partial charge on any atom is 0.165 e. The molecule has 2 aromatic rings. The molecule has 0 radical (unpaired) electrons. The second-order valence-corrected chi connectivity index (χ2v) is 5.97. The molecular weight excluding hydrogens is 258 g/mol. The van der Waals surface area contributed by atoms with Crippen molar-refractivity contribution in [1.82, 2.24) is 4.57 Å². The van der Waals surface area contributed by atoms with Crippen LogP contribution in [0.25, 0.3) is 10.9 Å². The SMILES string of the molecule is CCCCCCCCCC(=O)c1cn(C)c2ccccc12. The van der Waals surface area contributed by atoms with E-state index >= 15 is 0 Å². The fraction of sp³-hybridized carbons (Fsp3) is 0.526. The second-order valence-electron chi connectivity index (χ2n) is 5.97. The minimum absolute atomic E-state index is 0.292. The Bertz CT molecular complexity index is 582. The minimum Gasteiger partial charge on any atom is -0.350 e. The number of nitrogens with zero attached hydrogens (tertiary/aromatic N) is 1. The van der Waals surface area contributed by atoms with Gasteiger partial charge in [0.05, 0.1) is 0 Å². The van der Waals surface area contributed by atoms with E-state index in [2.05, 4.69) is 13.0 Å². The lowest BCUT2D eigenvalue weighted by Gasteiger charge is -2.01. The summed E-state index contributed by atoms with van der Waals surface area (Å²) in [5.41, 5.74) is 2.03. The molecule has 2 nitrogen and oxygen atoms in total. The van der Waals surface area contributed by atoms with Gasteiger partial charge in [0.1, 0.15) is 0 Å². The third kappa shape index (κ3) is 4.20. The number of hydrogen-bond donors (Lipinski definition) is 0. The lowest BCUT2D eigenvalue weighted by Crippen LogP contribution is -1.98. The van der Waals surface area contributed by atoms with Crippen LogP contribution < -0.4 is 0 Å². The Morgan fingerprint density at radius 2 is 1.67 bits per heavy atom. The van der Waals surface area contributed by atoms with Crippen molar-refractivity contribution in [3.63, 3.8) is 0 Å². The van der Waals surface area contributed by atoms with E-state index in [9.17, 15) is 4.79 Å². The first-order chi connectivity index (χ1) is 10.2. The number of rotatable bonds is 9. The molecule has 0 aliphatic rings. The average Bonchev–Trinajstić information content (AvgIpc) is 2.84. The molecule has 0 amide bonds. The number of fused-ring (bicyclic) bond motifs is 1. The van der Waals surface area contributed by atoms with Gasteiger partial charge in [0.25, 0.3) is 0 Å². The van der Waals surface area contributed by atoms with E-state index in [4.69, 9.17) is 0 Å². The summed E-state index contributed by atoms with van der Waals surface area (Å²) in [4.78, 5) is 12.4. The lowest BCUT2D eigenvalue weighted by atomic mass is 10.0. The number of ketones is 1. The second kappa shape index (κ2) is 8.02. The van der Waals surface area contributed by atoms with E-state index in [-0.39, 0.29) is 0 Å². The van der Waals surface area contributed by atoms with Gasteiger partial charge in [-0.25, -0.2) is 0 Å². The quantitative estimate of drug-likeness (QED) is 0.440. The Kier molecular flexibility index (Phi) is 6.04. The Morgan fingerprint density at radius 3 is 2.43 bits per heavy atom. The summed E-state index contributed by atoms with van der Waals surface area (Å²) in [6, 6.07) is 8.15. The van der Waals surface area contributed by atoms with Gasteiger partial charge in [0.2, 0.25) is 0 Å². The van der Waals surface area contributed by atoms with Crippen LogP contribution in [0, 0.1) is 0 Å². The topological polar surface area (TPSA) is 22.0 Å². The van der Waals surface area contributed by atoms with Gasteiger partial charge in [0, 0.05) is 36.1 Å². The molecule has 0 spiro atoms. The Morgan fingerprint density at radius 1 is 1.00 bits per heavy atom. The molecule has 0 saturated carbocycles. The van der Waals surface area contributed by atoms with Crippen molar-refractivity contribution < 1.29 is 4.79 Å². The van der Waals surface area contributed by atoms with Crippen LogP contribution in [0.2, 0.25) is 0 Å². The Labute approximate surface area is 128 Å². The first-order valence-corrected chi connectivity index (χ1v) is 8.31. The molecular formula is C19H27NO. The van der Waals surface area contributed by atoms with Crippen molar-refractivity contribution in [2.75, 3.05) is 0 Å². The smallest absolute Gasteiger partial charge is 0.165 e. The van der Waals surface area contributed by atoms with Crippen LogP contribution in [0.3, 0.4) is 0 Å². The molecule has 1 heterocycles. The van der Waals surface area contributed by atoms with Crippen LogP contribution in [0.5, 0.6) is 0 Å². The molecule has 2 rings (SSSR count). The van der Waals surface area contributed by atoms with Crippen molar-refractivity contribution in [2.24, 2.45) is 7.05 Å². The normalized spacial score (nSPS) is 11.1. The van der Waals surface area contributed by atoms with Gasteiger partial charge < -0.3 is 4.57 Å². The summed E-state index contributed by atoms with van der Waals surface area (Å²) in [7, 11) is 2.01. The number of carbonyl (C=O) groups is 1. The number of para-hydroxylation sites is 1. The number of unbranched alkanes of at least 4 members (excludes halogenated alkanes) is 6. The van der Waals surface area contributed by atoms with Crippen LogP contribution in [-0.2, 0) is 7.05 Å². The molecule has 2 heteroatoms. The van der Waals surface area contributed by atoms with Crippen LogP contribution >= 0.6 is 0 Å². The maximum atomic E-state index is 12.4. The summed E-state index contributed by atoms with van der Waals surface area (Å²) in [6.45, 7) is 2.24. The van der Waals surface area contributed by atoms with E-state index in [0.717, 1.165) is 22.9 Å². The Hall–Kier alpha value is -1.57. The van der Waals surface area contributed by atoms with Gasteiger partial charge in [-0.3, -0.25) is 4.79 Å². The number of benzene rings is 1.